The van der Waals surface area contributed by atoms with Gasteiger partial charge in [0.15, 0.2) is 23.0 Å². The lowest BCUT2D eigenvalue weighted by Crippen LogP contribution is -2.41. The number of benzene rings is 5. The number of anilines is 2. The predicted molar refractivity (Wildman–Crippen MR) is 202 cm³/mol. The number of sulfone groups is 1. The number of allylic oxidation sites excluding steroid dienone is 1. The number of hydrogen-bond acceptors (Lipinski definition) is 8. The first-order chi connectivity index (χ1) is 24.7. The average Bonchev–Trinajstić information content (AvgIpc) is 3.13. The molecule has 0 saturated heterocycles. The van der Waals surface area contributed by atoms with Gasteiger partial charge in [-0.2, -0.15) is 0 Å². The average molecular weight is 731 g/mol. The Bertz CT molecular complexity index is 2490. The summed E-state index contributed by atoms with van der Waals surface area (Å²) in [4.78, 5) is 45.6. The summed E-state index contributed by atoms with van der Waals surface area (Å²) in [5.74, 6) is -2.75. The van der Waals surface area contributed by atoms with E-state index < -0.39 is 42.9 Å². The highest BCUT2D eigenvalue weighted by Gasteiger charge is 2.53. The Morgan fingerprint density at radius 2 is 1.19 bits per heavy atom. The van der Waals surface area contributed by atoms with Gasteiger partial charge in [-0.3, -0.25) is 14.4 Å². The number of hydrogen-bond donors (Lipinski definition) is 1. The molecule has 5 aromatic rings. The highest BCUT2D eigenvalue weighted by molar-refractivity contribution is 7.95. The van der Waals surface area contributed by atoms with E-state index in [9.17, 15) is 14.7 Å². The highest BCUT2D eigenvalue weighted by atomic mass is 35.5. The van der Waals surface area contributed by atoms with Gasteiger partial charge in [-0.15, -0.1) is 0 Å². The van der Waals surface area contributed by atoms with E-state index >= 15 is 13.2 Å². The van der Waals surface area contributed by atoms with Crippen LogP contribution >= 0.6 is 11.6 Å². The van der Waals surface area contributed by atoms with Crippen LogP contribution in [0.1, 0.15) is 65.6 Å². The third-order valence-electron chi connectivity index (χ3n) is 9.95. The molecule has 52 heavy (non-hydrogen) atoms. The zero-order valence-corrected chi connectivity index (χ0v) is 30.7. The number of fused-ring (bicyclic) bond motifs is 4. The van der Waals surface area contributed by atoms with Crippen molar-refractivity contribution in [2.75, 3.05) is 38.0 Å². The van der Waals surface area contributed by atoms with Crippen molar-refractivity contribution in [1.29, 1.82) is 0 Å². The van der Waals surface area contributed by atoms with Gasteiger partial charge in [0.2, 0.25) is 9.84 Å². The molecule has 0 fully saturated rings. The van der Waals surface area contributed by atoms with Crippen molar-refractivity contribution < 1.29 is 27.9 Å². The number of nitrogens with zero attached hydrogens (tertiary/aromatic N) is 2. The summed E-state index contributed by atoms with van der Waals surface area (Å²) >= 11 is 7.26. The molecular formula is C42H35ClN2O6S. The smallest absolute Gasteiger partial charge is 0.207 e. The monoisotopic (exact) mass is 730 g/mol. The first-order valence-electron chi connectivity index (χ1n) is 16.6. The SMILES string of the molecule is Cc1ccc(S(=O)(=O)C(=C(Cl)C(=O)C2c3ccccc3C(=O)c3ccc(N(C)C)cc32)C2(O)c3ccccc3C(=O)c3ccc(N(C)C)cc32)cc1. The van der Waals surface area contributed by atoms with Crippen molar-refractivity contribution in [3.05, 3.63) is 169 Å². The molecule has 2 aliphatic carbocycles. The maximum absolute atomic E-state index is 15.3. The summed E-state index contributed by atoms with van der Waals surface area (Å²) in [6.45, 7) is 1.81. The molecule has 0 heterocycles. The Morgan fingerprint density at radius 1 is 0.673 bits per heavy atom. The molecule has 2 unspecified atom stereocenters. The third kappa shape index (κ3) is 5.30. The van der Waals surface area contributed by atoms with Crippen molar-refractivity contribution in [3.63, 3.8) is 0 Å². The minimum absolute atomic E-state index is 0.0328. The molecule has 1 N–H and O–H groups in total. The van der Waals surface area contributed by atoms with Crippen LogP contribution in [-0.4, -0.2) is 59.1 Å². The quantitative estimate of drug-likeness (QED) is 0.183. The normalized spacial score (nSPS) is 18.0. The van der Waals surface area contributed by atoms with Crippen LogP contribution in [0.2, 0.25) is 0 Å². The molecule has 0 bridgehead atoms. The number of carbonyl (C=O) groups is 3. The minimum Gasteiger partial charge on any atom is -0.378 e. The second-order valence-electron chi connectivity index (χ2n) is 13.5. The second-order valence-corrected chi connectivity index (χ2v) is 15.8. The molecule has 0 saturated carbocycles. The van der Waals surface area contributed by atoms with Crippen LogP contribution in [0.4, 0.5) is 11.4 Å². The van der Waals surface area contributed by atoms with Crippen LogP contribution in [0.15, 0.2) is 124 Å². The van der Waals surface area contributed by atoms with Gasteiger partial charge in [0.25, 0.3) is 0 Å². The maximum atomic E-state index is 15.3. The van der Waals surface area contributed by atoms with E-state index in [1.165, 1.54) is 24.3 Å². The van der Waals surface area contributed by atoms with Gasteiger partial charge in [-0.1, -0.05) is 77.8 Å². The third-order valence-corrected chi connectivity index (χ3v) is 12.4. The highest BCUT2D eigenvalue weighted by Crippen LogP contribution is 2.51. The van der Waals surface area contributed by atoms with E-state index in [1.54, 1.807) is 111 Å². The molecule has 0 radical (unpaired) electrons. The Hall–Kier alpha value is -5.35. The van der Waals surface area contributed by atoms with Crippen LogP contribution in [-0.2, 0) is 20.2 Å². The number of aryl methyl sites for hydroxylation is 1. The molecular weight excluding hydrogens is 696 g/mol. The number of carbonyl (C=O) groups excluding carboxylic acids is 3. The fourth-order valence-corrected chi connectivity index (χ4v) is 9.43. The molecule has 2 atom stereocenters. The fraction of sp³-hybridized carbons (Fsp3) is 0.167. The predicted octanol–water partition coefficient (Wildman–Crippen LogP) is 6.78. The van der Waals surface area contributed by atoms with Crippen molar-refractivity contribution in [1.82, 2.24) is 0 Å². The molecule has 262 valence electrons. The van der Waals surface area contributed by atoms with Crippen LogP contribution in [0.3, 0.4) is 0 Å². The second kappa shape index (κ2) is 12.7. The zero-order valence-electron chi connectivity index (χ0n) is 29.1. The lowest BCUT2D eigenvalue weighted by Gasteiger charge is -2.38. The van der Waals surface area contributed by atoms with E-state index in [2.05, 4.69) is 0 Å². The number of rotatable bonds is 7. The van der Waals surface area contributed by atoms with E-state index in [1.807, 2.05) is 19.0 Å². The summed E-state index contributed by atoms with van der Waals surface area (Å²) in [5.41, 5.74) is 0.798. The van der Waals surface area contributed by atoms with Gasteiger partial charge in [0, 0.05) is 72.9 Å². The van der Waals surface area contributed by atoms with E-state index in [0.717, 1.165) is 5.56 Å². The van der Waals surface area contributed by atoms with Gasteiger partial charge < -0.3 is 14.9 Å². The molecule has 10 heteroatoms. The van der Waals surface area contributed by atoms with E-state index in [4.69, 9.17) is 11.6 Å². The van der Waals surface area contributed by atoms with Crippen LogP contribution in [0.5, 0.6) is 0 Å². The van der Waals surface area contributed by atoms with E-state index in [0.29, 0.717) is 22.5 Å². The van der Waals surface area contributed by atoms with Crippen molar-refractivity contribution in [3.8, 4) is 0 Å². The first-order valence-corrected chi connectivity index (χ1v) is 18.4. The molecule has 0 spiro atoms. The lowest BCUT2D eigenvalue weighted by molar-refractivity contribution is -0.115. The number of ketones is 3. The van der Waals surface area contributed by atoms with Crippen LogP contribution < -0.4 is 9.80 Å². The topological polar surface area (TPSA) is 112 Å². The van der Waals surface area contributed by atoms with Crippen molar-refractivity contribution in [2.45, 2.75) is 23.3 Å². The number of Topliss-reactive ketones (excluding diaryl/α,β-unsaturated/α-hetero) is 1. The molecule has 8 nitrogen and oxygen atoms in total. The summed E-state index contributed by atoms with van der Waals surface area (Å²) in [7, 11) is 2.40. The van der Waals surface area contributed by atoms with E-state index in [-0.39, 0.29) is 44.1 Å². The number of aliphatic hydroxyl groups is 1. The van der Waals surface area contributed by atoms with Gasteiger partial charge in [-0.25, -0.2) is 8.42 Å². The van der Waals surface area contributed by atoms with Crippen molar-refractivity contribution >= 4 is 50.2 Å². The Morgan fingerprint density at radius 3 is 1.85 bits per heavy atom. The first kappa shape index (κ1) is 35.1. The Kier molecular flexibility index (Phi) is 8.57. The largest absolute Gasteiger partial charge is 0.378 e. The molecule has 2 aliphatic rings. The van der Waals surface area contributed by atoms with Crippen LogP contribution in [0, 0.1) is 6.92 Å². The molecule has 0 aliphatic heterocycles. The molecule has 0 amide bonds. The Balaban J connectivity index is 1.60. The minimum atomic E-state index is -4.81. The maximum Gasteiger partial charge on any atom is 0.207 e. The Labute approximate surface area is 307 Å². The molecule has 7 rings (SSSR count). The standard InChI is InChI=1S/C42H35ClN2O6S/c1-24-14-18-27(19-15-24)52(50,51)41(42(49)34-13-9-8-12-31(34)39(47)32-21-17-26(45(4)5)23-35(32)42)37(43)40(48)36-28-10-6-7-11-29(28)38(46)30-20-16-25(44(2)3)22-33(30)36/h6-23,36,49H,1-5H3. The summed E-state index contributed by atoms with van der Waals surface area (Å²) in [6.07, 6.45) is 0. The van der Waals surface area contributed by atoms with Gasteiger partial charge in [0.05, 0.1) is 10.8 Å². The zero-order chi connectivity index (χ0) is 37.3. The summed E-state index contributed by atoms with van der Waals surface area (Å²) in [5, 5.41) is 12.6. The van der Waals surface area contributed by atoms with Gasteiger partial charge in [-0.05, 0) is 66.6 Å². The summed E-state index contributed by atoms with van der Waals surface area (Å²) in [6, 6.07) is 28.8. The van der Waals surface area contributed by atoms with Gasteiger partial charge >= 0.3 is 0 Å². The molecule has 5 aromatic carbocycles. The van der Waals surface area contributed by atoms with Crippen LogP contribution in [0.25, 0.3) is 0 Å². The lowest BCUT2D eigenvalue weighted by atomic mass is 9.72. The summed E-state index contributed by atoms with van der Waals surface area (Å²) < 4.78 is 30.3. The van der Waals surface area contributed by atoms with Crippen molar-refractivity contribution in [2.24, 2.45) is 0 Å². The fourth-order valence-electron chi connectivity index (χ4n) is 7.21. The van der Waals surface area contributed by atoms with Gasteiger partial charge in [0.1, 0.15) is 9.94 Å². The molecule has 0 aromatic heterocycles. The number of halogens is 1.